The van der Waals surface area contributed by atoms with Crippen molar-refractivity contribution in [1.82, 2.24) is 5.43 Å². The zero-order chi connectivity index (χ0) is 14.7. The molecular formula is C14H12BrCl2FN2. The van der Waals surface area contributed by atoms with E-state index in [0.29, 0.717) is 26.5 Å². The van der Waals surface area contributed by atoms with Crippen LogP contribution in [0.2, 0.25) is 10.0 Å². The van der Waals surface area contributed by atoms with Crippen molar-refractivity contribution in [1.29, 1.82) is 0 Å². The maximum Gasteiger partial charge on any atom is 0.142 e. The van der Waals surface area contributed by atoms with E-state index in [2.05, 4.69) is 21.4 Å². The van der Waals surface area contributed by atoms with Gasteiger partial charge in [0.05, 0.1) is 20.6 Å². The average Bonchev–Trinajstić information content (AvgIpc) is 2.43. The van der Waals surface area contributed by atoms with Crippen molar-refractivity contribution in [3.63, 3.8) is 0 Å². The number of halogens is 4. The van der Waals surface area contributed by atoms with Gasteiger partial charge in [0.1, 0.15) is 5.82 Å². The summed E-state index contributed by atoms with van der Waals surface area (Å²) < 4.78 is 14.5. The standard InChI is InChI=1S/C14H12BrCl2FN2/c15-10-3-1-2-9(14(10)18)13(20-19)7-8-4-5-11(16)12(17)6-8/h1-6,13,20H,7,19H2. The minimum absolute atomic E-state index is 0.324. The molecule has 0 bridgehead atoms. The van der Waals surface area contributed by atoms with Gasteiger partial charge in [-0.2, -0.15) is 0 Å². The van der Waals surface area contributed by atoms with Crippen molar-refractivity contribution in [2.75, 3.05) is 0 Å². The molecule has 2 rings (SSSR count). The van der Waals surface area contributed by atoms with Crippen LogP contribution in [-0.4, -0.2) is 0 Å². The van der Waals surface area contributed by atoms with E-state index in [0.717, 1.165) is 5.56 Å². The van der Waals surface area contributed by atoms with Gasteiger partial charge in [-0.3, -0.25) is 11.3 Å². The summed E-state index contributed by atoms with van der Waals surface area (Å²) in [7, 11) is 0. The monoisotopic (exact) mass is 376 g/mol. The molecule has 0 aromatic heterocycles. The molecule has 0 aliphatic rings. The fourth-order valence-electron chi connectivity index (χ4n) is 1.95. The molecule has 0 amide bonds. The Morgan fingerprint density at radius 2 is 1.95 bits per heavy atom. The van der Waals surface area contributed by atoms with Crippen molar-refractivity contribution >= 4 is 39.1 Å². The zero-order valence-electron chi connectivity index (χ0n) is 10.3. The highest BCUT2D eigenvalue weighted by atomic mass is 79.9. The normalized spacial score (nSPS) is 12.4. The van der Waals surface area contributed by atoms with Crippen LogP contribution >= 0.6 is 39.1 Å². The van der Waals surface area contributed by atoms with Crippen LogP contribution in [0, 0.1) is 5.82 Å². The number of rotatable bonds is 4. The van der Waals surface area contributed by atoms with E-state index in [4.69, 9.17) is 29.0 Å². The molecule has 6 heteroatoms. The Bertz CT molecular complexity index is 622. The molecule has 2 nitrogen and oxygen atoms in total. The van der Waals surface area contributed by atoms with Crippen LogP contribution in [0.4, 0.5) is 4.39 Å². The van der Waals surface area contributed by atoms with E-state index < -0.39 is 0 Å². The Morgan fingerprint density at radius 1 is 1.20 bits per heavy atom. The highest BCUT2D eigenvalue weighted by Crippen LogP contribution is 2.28. The van der Waals surface area contributed by atoms with E-state index in [1.54, 1.807) is 30.3 Å². The first-order valence-electron chi connectivity index (χ1n) is 5.87. The smallest absolute Gasteiger partial charge is 0.142 e. The predicted octanol–water partition coefficient (Wildman–Crippen LogP) is 4.64. The SMILES string of the molecule is NNC(Cc1ccc(Cl)c(Cl)c1)c1cccc(Br)c1F. The van der Waals surface area contributed by atoms with E-state index in [1.807, 2.05) is 6.07 Å². The number of benzene rings is 2. The van der Waals surface area contributed by atoms with Gasteiger partial charge in [-0.15, -0.1) is 0 Å². The summed E-state index contributed by atoms with van der Waals surface area (Å²) in [6.07, 6.45) is 0.501. The van der Waals surface area contributed by atoms with E-state index >= 15 is 0 Å². The van der Waals surface area contributed by atoms with Gasteiger partial charge in [-0.1, -0.05) is 41.4 Å². The Balaban J connectivity index is 2.28. The number of hydrazine groups is 1. The van der Waals surface area contributed by atoms with Crippen molar-refractivity contribution in [3.05, 3.63) is 67.9 Å². The molecule has 2 aromatic rings. The number of nitrogens with one attached hydrogen (secondary N) is 1. The Labute approximate surface area is 135 Å². The summed E-state index contributed by atoms with van der Waals surface area (Å²) >= 11 is 15.0. The molecule has 2 aromatic carbocycles. The molecule has 0 aliphatic carbocycles. The lowest BCUT2D eigenvalue weighted by atomic mass is 9.99. The first-order chi connectivity index (χ1) is 9.52. The number of hydrogen-bond acceptors (Lipinski definition) is 2. The second kappa shape index (κ2) is 6.87. The first kappa shape index (κ1) is 15.7. The number of nitrogens with two attached hydrogens (primary N) is 1. The second-order valence-electron chi connectivity index (χ2n) is 4.31. The van der Waals surface area contributed by atoms with Gasteiger partial charge in [0.15, 0.2) is 0 Å². The second-order valence-corrected chi connectivity index (χ2v) is 5.98. The maximum absolute atomic E-state index is 14.1. The minimum Gasteiger partial charge on any atom is -0.271 e. The van der Waals surface area contributed by atoms with E-state index in [-0.39, 0.29) is 11.9 Å². The molecule has 0 saturated heterocycles. The summed E-state index contributed by atoms with van der Waals surface area (Å²) in [6.45, 7) is 0. The summed E-state index contributed by atoms with van der Waals surface area (Å²) in [4.78, 5) is 0. The molecular weight excluding hydrogens is 366 g/mol. The summed E-state index contributed by atoms with van der Waals surface area (Å²) in [6, 6.07) is 10.1. The summed E-state index contributed by atoms with van der Waals surface area (Å²) in [5.41, 5.74) is 4.04. The van der Waals surface area contributed by atoms with Crippen LogP contribution in [0.25, 0.3) is 0 Å². The fraction of sp³-hybridized carbons (Fsp3) is 0.143. The van der Waals surface area contributed by atoms with Crippen LogP contribution in [0.3, 0.4) is 0 Å². The Hall–Kier alpha value is -0.650. The van der Waals surface area contributed by atoms with Crippen molar-refractivity contribution in [2.24, 2.45) is 5.84 Å². The Morgan fingerprint density at radius 3 is 2.60 bits per heavy atom. The molecule has 0 saturated carbocycles. The van der Waals surface area contributed by atoms with Crippen LogP contribution in [-0.2, 0) is 6.42 Å². The van der Waals surface area contributed by atoms with Crippen molar-refractivity contribution < 1.29 is 4.39 Å². The predicted molar refractivity (Wildman–Crippen MR) is 84.3 cm³/mol. The molecule has 3 N–H and O–H groups in total. The Kier molecular flexibility index (Phi) is 5.41. The highest BCUT2D eigenvalue weighted by Gasteiger charge is 2.17. The fourth-order valence-corrected chi connectivity index (χ4v) is 2.65. The molecule has 106 valence electrons. The van der Waals surface area contributed by atoms with Gasteiger partial charge in [-0.05, 0) is 46.1 Å². The van der Waals surface area contributed by atoms with Crippen LogP contribution in [0.15, 0.2) is 40.9 Å². The average molecular weight is 378 g/mol. The topological polar surface area (TPSA) is 38.0 Å². The zero-order valence-corrected chi connectivity index (χ0v) is 13.4. The lowest BCUT2D eigenvalue weighted by molar-refractivity contribution is 0.508. The van der Waals surface area contributed by atoms with E-state index in [1.165, 1.54) is 0 Å². The lowest BCUT2D eigenvalue weighted by Gasteiger charge is -2.18. The van der Waals surface area contributed by atoms with Gasteiger partial charge in [0.25, 0.3) is 0 Å². The van der Waals surface area contributed by atoms with E-state index in [9.17, 15) is 4.39 Å². The van der Waals surface area contributed by atoms with Crippen molar-refractivity contribution in [3.8, 4) is 0 Å². The number of hydrogen-bond donors (Lipinski definition) is 2. The third kappa shape index (κ3) is 3.51. The maximum atomic E-state index is 14.1. The molecule has 0 aliphatic heterocycles. The lowest BCUT2D eigenvalue weighted by Crippen LogP contribution is -2.30. The molecule has 0 radical (unpaired) electrons. The molecule has 0 heterocycles. The molecule has 0 spiro atoms. The van der Waals surface area contributed by atoms with Crippen LogP contribution in [0.1, 0.15) is 17.2 Å². The molecule has 0 fully saturated rings. The van der Waals surface area contributed by atoms with Crippen molar-refractivity contribution in [2.45, 2.75) is 12.5 Å². The van der Waals surface area contributed by atoms with Crippen LogP contribution < -0.4 is 11.3 Å². The highest BCUT2D eigenvalue weighted by molar-refractivity contribution is 9.10. The van der Waals surface area contributed by atoms with Gasteiger partial charge in [0, 0.05) is 5.56 Å². The van der Waals surface area contributed by atoms with Crippen LogP contribution in [0.5, 0.6) is 0 Å². The summed E-state index contributed by atoms with van der Waals surface area (Å²) in [5.74, 6) is 5.22. The van der Waals surface area contributed by atoms with Gasteiger partial charge >= 0.3 is 0 Å². The van der Waals surface area contributed by atoms with Gasteiger partial charge in [-0.25, -0.2) is 4.39 Å². The third-order valence-corrected chi connectivity index (χ3v) is 4.33. The largest absolute Gasteiger partial charge is 0.271 e. The van der Waals surface area contributed by atoms with Gasteiger partial charge < -0.3 is 0 Å². The molecule has 20 heavy (non-hydrogen) atoms. The molecule has 1 unspecified atom stereocenters. The van der Waals surface area contributed by atoms with Gasteiger partial charge in [0.2, 0.25) is 0 Å². The third-order valence-electron chi connectivity index (χ3n) is 2.98. The minimum atomic E-state index is -0.357. The first-order valence-corrected chi connectivity index (χ1v) is 7.41. The summed E-state index contributed by atoms with van der Waals surface area (Å²) in [5, 5.41) is 0.955. The quantitative estimate of drug-likeness (QED) is 0.601. The molecule has 1 atom stereocenters.